The molecule has 3 aromatic rings. The molecule has 2 fully saturated rings. The topological polar surface area (TPSA) is 131 Å². The van der Waals surface area contributed by atoms with E-state index < -0.39 is 56.7 Å². The number of halogens is 3. The van der Waals surface area contributed by atoms with Gasteiger partial charge in [-0.1, -0.05) is 34.8 Å². The zero-order valence-electron chi connectivity index (χ0n) is 22.5. The third-order valence-electron chi connectivity index (χ3n) is 7.11. The molecule has 2 amide bonds. The van der Waals surface area contributed by atoms with Gasteiger partial charge in [0.2, 0.25) is 11.8 Å². The summed E-state index contributed by atoms with van der Waals surface area (Å²) >= 11 is 19.6. The van der Waals surface area contributed by atoms with Crippen LogP contribution in [0.2, 0.25) is 15.1 Å². The molecule has 0 spiro atoms. The van der Waals surface area contributed by atoms with Crippen molar-refractivity contribution in [1.82, 2.24) is 4.90 Å². The molecule has 0 saturated carbocycles. The second-order valence-electron chi connectivity index (χ2n) is 9.86. The maximum atomic E-state index is 13.8. The summed E-state index contributed by atoms with van der Waals surface area (Å²) in [7, 11) is -4.33. The Morgan fingerprint density at radius 3 is 2.35 bits per heavy atom. The number of sulfone groups is 1. The van der Waals surface area contributed by atoms with E-state index in [-0.39, 0.29) is 33.1 Å². The molecule has 3 heterocycles. The summed E-state index contributed by atoms with van der Waals surface area (Å²) in [6.07, 6.45) is 1.32. The molecule has 5 rings (SSSR count). The molecule has 3 atom stereocenters. The van der Waals surface area contributed by atoms with Gasteiger partial charge in [-0.05, 0) is 60.8 Å². The van der Waals surface area contributed by atoms with Crippen molar-refractivity contribution in [3.8, 4) is 17.2 Å². The molecule has 10 nitrogen and oxygen atoms in total. The van der Waals surface area contributed by atoms with Gasteiger partial charge in [-0.15, -0.1) is 11.3 Å². The Morgan fingerprint density at radius 2 is 1.77 bits per heavy atom. The Hall–Kier alpha value is -3.29. The van der Waals surface area contributed by atoms with Crippen molar-refractivity contribution in [3.63, 3.8) is 0 Å². The van der Waals surface area contributed by atoms with Gasteiger partial charge in [0.15, 0.2) is 38.2 Å². The number of carbonyl (C=O) groups excluding carboxylic acids is 2. The van der Waals surface area contributed by atoms with Crippen molar-refractivity contribution in [2.45, 2.75) is 25.3 Å². The van der Waals surface area contributed by atoms with E-state index in [1.807, 2.05) is 0 Å². The number of fused-ring (bicyclic) bond motifs is 1. The van der Waals surface area contributed by atoms with Crippen LogP contribution in [0.5, 0.6) is 17.2 Å². The first kappa shape index (κ1) is 31.1. The lowest BCUT2D eigenvalue weighted by molar-refractivity contribution is -0.157. The van der Waals surface area contributed by atoms with Crippen LogP contribution in [-0.4, -0.2) is 59.9 Å². The number of carboxylic acids is 1. The SMILES string of the molecule is CC=C(Oc1cc(Cl)ccc1Oc1ccc(Cl)cc1Cl)C1(C(=O)O)CN2C(=O)C(N(C(C)=O)c3cccs3)[C@H]2S(=O)(=O)C1. The first-order valence-corrected chi connectivity index (χ1v) is 16.4. The van der Waals surface area contributed by atoms with E-state index in [0.717, 1.165) is 9.80 Å². The fourth-order valence-corrected chi connectivity index (χ4v) is 9.05. The minimum Gasteiger partial charge on any atom is -0.480 e. The number of rotatable bonds is 8. The average Bonchev–Trinajstić information content (AvgIpc) is 3.46. The van der Waals surface area contributed by atoms with Gasteiger partial charge in [-0.25, -0.2) is 8.42 Å². The largest absolute Gasteiger partial charge is 0.480 e. The van der Waals surface area contributed by atoms with E-state index in [1.54, 1.807) is 23.6 Å². The monoisotopic (exact) mass is 684 g/mol. The van der Waals surface area contributed by atoms with Crippen LogP contribution in [0, 0.1) is 5.41 Å². The molecule has 15 heteroatoms. The molecular weight excluding hydrogens is 663 g/mol. The third kappa shape index (κ3) is 5.58. The summed E-state index contributed by atoms with van der Waals surface area (Å²) in [4.78, 5) is 41.0. The van der Waals surface area contributed by atoms with Crippen LogP contribution in [0.4, 0.5) is 5.00 Å². The van der Waals surface area contributed by atoms with E-state index in [0.29, 0.717) is 10.0 Å². The average molecular weight is 686 g/mol. The number of carbonyl (C=O) groups is 3. The van der Waals surface area contributed by atoms with E-state index in [1.165, 1.54) is 61.6 Å². The molecule has 2 unspecified atom stereocenters. The number of allylic oxidation sites excluding steroid dienone is 1. The molecule has 0 radical (unpaired) electrons. The normalized spacial score (nSPS) is 22.8. The third-order valence-corrected chi connectivity index (χ3v) is 10.9. The van der Waals surface area contributed by atoms with E-state index in [9.17, 15) is 27.9 Å². The number of anilines is 1. The number of thiophene rings is 1. The number of nitrogens with zero attached hydrogens (tertiary/aromatic N) is 2. The van der Waals surface area contributed by atoms with Gasteiger partial charge in [0.1, 0.15) is 11.5 Å². The first-order chi connectivity index (χ1) is 20.3. The van der Waals surface area contributed by atoms with E-state index in [2.05, 4.69) is 0 Å². The van der Waals surface area contributed by atoms with Crippen LogP contribution in [0.3, 0.4) is 0 Å². The van der Waals surface area contributed by atoms with Gasteiger partial charge >= 0.3 is 5.97 Å². The molecule has 226 valence electrons. The van der Waals surface area contributed by atoms with Gasteiger partial charge in [0, 0.05) is 29.6 Å². The lowest BCUT2D eigenvalue weighted by Crippen LogP contribution is -2.79. The lowest BCUT2D eigenvalue weighted by atomic mass is 9.84. The van der Waals surface area contributed by atoms with Crippen molar-refractivity contribution in [3.05, 3.63) is 80.8 Å². The molecule has 43 heavy (non-hydrogen) atoms. The molecule has 2 aromatic carbocycles. The number of ether oxygens (including phenoxy) is 2. The highest BCUT2D eigenvalue weighted by Gasteiger charge is 2.67. The second kappa shape index (κ2) is 11.7. The minimum atomic E-state index is -4.33. The fourth-order valence-electron chi connectivity index (χ4n) is 5.22. The molecule has 0 aliphatic carbocycles. The van der Waals surface area contributed by atoms with Crippen LogP contribution in [0.1, 0.15) is 13.8 Å². The number of β-lactam (4-membered cyclic amide) rings is 1. The van der Waals surface area contributed by atoms with Gasteiger partial charge in [0.05, 0.1) is 15.8 Å². The Morgan fingerprint density at radius 1 is 1.09 bits per heavy atom. The molecule has 1 aromatic heterocycles. The second-order valence-corrected chi connectivity index (χ2v) is 14.2. The van der Waals surface area contributed by atoms with Crippen molar-refractivity contribution >= 4 is 78.8 Å². The number of amides is 2. The standard InChI is InChI=1S/C28H23Cl3N2O8S2/c1-3-22(41-21-12-17(30)7-9-20(21)40-19-8-6-16(29)11-18(19)31)28(27(36)37)13-32-25(35)24(26(32)43(38,39)14-28)33(15(2)34)23-5-4-10-42-23/h3-12,24,26H,13-14H2,1-2H3,(H,36,37)/t24?,26-,28?/m1/s1. The highest BCUT2D eigenvalue weighted by atomic mass is 35.5. The molecular formula is C28H23Cl3N2O8S2. The molecule has 2 saturated heterocycles. The first-order valence-electron chi connectivity index (χ1n) is 12.6. The van der Waals surface area contributed by atoms with Crippen molar-refractivity contribution in [1.29, 1.82) is 0 Å². The summed E-state index contributed by atoms with van der Waals surface area (Å²) in [6.45, 7) is 2.20. The number of hydrogen-bond donors (Lipinski definition) is 1. The van der Waals surface area contributed by atoms with Gasteiger partial charge < -0.3 is 19.5 Å². The Balaban J connectivity index is 1.49. The zero-order valence-corrected chi connectivity index (χ0v) is 26.4. The van der Waals surface area contributed by atoms with Crippen molar-refractivity contribution < 1.29 is 37.4 Å². The quantitative estimate of drug-likeness (QED) is 0.230. The zero-order chi connectivity index (χ0) is 31.3. The molecule has 1 N–H and O–H groups in total. The van der Waals surface area contributed by atoms with Crippen LogP contribution in [0.25, 0.3) is 0 Å². The van der Waals surface area contributed by atoms with Gasteiger partial charge in [-0.3, -0.25) is 19.3 Å². The smallest absolute Gasteiger partial charge is 0.320 e. The van der Waals surface area contributed by atoms with Crippen molar-refractivity contribution in [2.24, 2.45) is 5.41 Å². The minimum absolute atomic E-state index is 0.0278. The number of hydrogen-bond acceptors (Lipinski definition) is 8. The summed E-state index contributed by atoms with van der Waals surface area (Å²) in [5, 5.41) is 12.0. The molecule has 2 aliphatic heterocycles. The van der Waals surface area contributed by atoms with Crippen molar-refractivity contribution in [2.75, 3.05) is 17.2 Å². The van der Waals surface area contributed by atoms with Crippen LogP contribution < -0.4 is 14.4 Å². The number of aliphatic carboxylic acids is 1. The lowest BCUT2D eigenvalue weighted by Gasteiger charge is -2.55. The highest BCUT2D eigenvalue weighted by molar-refractivity contribution is 7.92. The maximum absolute atomic E-state index is 13.8. The van der Waals surface area contributed by atoms with E-state index >= 15 is 0 Å². The summed E-state index contributed by atoms with van der Waals surface area (Å²) in [5.41, 5.74) is -2.19. The van der Waals surface area contributed by atoms with Crippen LogP contribution >= 0.6 is 46.1 Å². The Kier molecular flexibility index (Phi) is 8.45. The van der Waals surface area contributed by atoms with Gasteiger partial charge in [-0.2, -0.15) is 0 Å². The van der Waals surface area contributed by atoms with E-state index in [4.69, 9.17) is 44.3 Å². The Bertz CT molecular complexity index is 1760. The summed E-state index contributed by atoms with van der Waals surface area (Å²) in [5.74, 6) is -3.59. The Labute approximate surface area is 265 Å². The number of benzene rings is 2. The maximum Gasteiger partial charge on any atom is 0.320 e. The molecule has 0 bridgehead atoms. The van der Waals surface area contributed by atoms with Crippen LogP contribution in [-0.2, 0) is 24.2 Å². The fraction of sp³-hybridized carbons (Fsp3) is 0.250. The molecule has 2 aliphatic rings. The van der Waals surface area contributed by atoms with Crippen LogP contribution in [0.15, 0.2) is 65.7 Å². The van der Waals surface area contributed by atoms with Gasteiger partial charge in [0.25, 0.3) is 0 Å². The number of carboxylic acid groups (broad SMARTS) is 1. The predicted molar refractivity (Wildman–Crippen MR) is 163 cm³/mol. The summed E-state index contributed by atoms with van der Waals surface area (Å²) in [6, 6.07) is 10.9. The summed E-state index contributed by atoms with van der Waals surface area (Å²) < 4.78 is 39.5. The predicted octanol–water partition coefficient (Wildman–Crippen LogP) is 5.87. The highest BCUT2D eigenvalue weighted by Crippen LogP contribution is 2.47.